The molecular weight excluding hydrogens is 601 g/mol. The highest BCUT2D eigenvalue weighted by atomic mass is 32.2. The molecule has 1 aliphatic heterocycles. The highest BCUT2D eigenvalue weighted by Gasteiger charge is 2.27. The standard InChI is InChI=1S/C37H26N2O2S3/c40-44(41,26-10-2-1-3-11-26)27-21-19-25(20-22-27)30-24-29(34-18-9-23-42-34)28-12-8-15-33(37(28)38-30)39-31-13-4-6-16-35(31)43-36-17-7-5-14-32(36)39/h2,4-24H,1,3H2. The van der Waals surface area contributed by atoms with Gasteiger partial charge in [-0.2, -0.15) is 0 Å². The van der Waals surface area contributed by atoms with E-state index in [1.165, 1.54) is 9.79 Å². The first-order chi connectivity index (χ1) is 21.6. The van der Waals surface area contributed by atoms with Crippen molar-refractivity contribution in [1.29, 1.82) is 0 Å². The Hall–Kier alpha value is -4.43. The molecule has 1 aliphatic carbocycles. The second kappa shape index (κ2) is 10.9. The summed E-state index contributed by atoms with van der Waals surface area (Å²) in [5, 5.41) is 3.16. The number of fused-ring (bicyclic) bond motifs is 3. The van der Waals surface area contributed by atoms with Crippen LogP contribution in [0.5, 0.6) is 0 Å². The zero-order valence-electron chi connectivity index (χ0n) is 23.6. The largest absolute Gasteiger partial charge is 0.306 e. The Morgan fingerprint density at radius 2 is 1.45 bits per heavy atom. The maximum absolute atomic E-state index is 13.3. The van der Waals surface area contributed by atoms with Crippen LogP contribution in [0.1, 0.15) is 12.8 Å². The molecule has 4 aromatic carbocycles. The predicted octanol–water partition coefficient (Wildman–Crippen LogP) is 10.6. The summed E-state index contributed by atoms with van der Waals surface area (Å²) in [5.74, 6) is 0. The van der Waals surface area contributed by atoms with Crippen LogP contribution in [-0.4, -0.2) is 13.4 Å². The minimum absolute atomic E-state index is 0.290. The molecule has 8 rings (SSSR count). The first-order valence-electron chi connectivity index (χ1n) is 14.4. The first-order valence-corrected chi connectivity index (χ1v) is 17.6. The van der Waals surface area contributed by atoms with Crippen molar-refractivity contribution in [2.45, 2.75) is 27.5 Å². The van der Waals surface area contributed by atoms with Gasteiger partial charge in [0.15, 0.2) is 0 Å². The molecule has 0 unspecified atom stereocenters. The van der Waals surface area contributed by atoms with Crippen molar-refractivity contribution in [2.75, 3.05) is 4.90 Å². The molecule has 214 valence electrons. The van der Waals surface area contributed by atoms with Gasteiger partial charge < -0.3 is 4.90 Å². The van der Waals surface area contributed by atoms with Gasteiger partial charge in [0.05, 0.1) is 38.1 Å². The summed E-state index contributed by atoms with van der Waals surface area (Å²) in [6, 6.07) is 36.8. The fourth-order valence-corrected chi connectivity index (χ4v) is 9.08. The Bertz CT molecular complexity index is 2170. The molecule has 4 nitrogen and oxygen atoms in total. The van der Waals surface area contributed by atoms with E-state index in [-0.39, 0.29) is 4.90 Å². The zero-order valence-corrected chi connectivity index (χ0v) is 26.0. The van der Waals surface area contributed by atoms with Gasteiger partial charge in [-0.3, -0.25) is 0 Å². The lowest BCUT2D eigenvalue weighted by Crippen LogP contribution is -2.15. The second-order valence-electron chi connectivity index (χ2n) is 10.7. The normalized spacial score (nSPS) is 14.3. The van der Waals surface area contributed by atoms with E-state index in [2.05, 4.69) is 95.2 Å². The average molecular weight is 627 g/mol. The van der Waals surface area contributed by atoms with Crippen LogP contribution in [-0.2, 0) is 9.84 Å². The number of rotatable bonds is 5. The van der Waals surface area contributed by atoms with E-state index in [9.17, 15) is 8.42 Å². The van der Waals surface area contributed by atoms with Crippen LogP contribution in [0.25, 0.3) is 32.6 Å². The Morgan fingerprint density at radius 1 is 0.727 bits per heavy atom. The highest BCUT2D eigenvalue weighted by Crippen LogP contribution is 2.52. The van der Waals surface area contributed by atoms with Gasteiger partial charge in [-0.25, -0.2) is 13.4 Å². The number of hydrogen-bond acceptors (Lipinski definition) is 6. The topological polar surface area (TPSA) is 50.3 Å². The molecule has 0 spiro atoms. The number of thiophene rings is 1. The average Bonchev–Trinajstić information content (AvgIpc) is 3.62. The summed E-state index contributed by atoms with van der Waals surface area (Å²) in [7, 11) is -3.57. The summed E-state index contributed by atoms with van der Waals surface area (Å²) in [4.78, 5) is 11.8. The Balaban J connectivity index is 1.32. The molecule has 0 saturated heterocycles. The Kier molecular flexibility index (Phi) is 6.74. The summed E-state index contributed by atoms with van der Waals surface area (Å²) in [6.45, 7) is 0. The fourth-order valence-electron chi connectivity index (χ4n) is 5.89. The molecule has 0 amide bonds. The number of allylic oxidation sites excluding steroid dienone is 3. The Morgan fingerprint density at radius 3 is 2.14 bits per heavy atom. The van der Waals surface area contributed by atoms with E-state index in [1.807, 2.05) is 18.2 Å². The number of hydrogen-bond donors (Lipinski definition) is 0. The fraction of sp³-hybridized carbons (Fsp3) is 0.0541. The van der Waals surface area contributed by atoms with E-state index in [4.69, 9.17) is 4.98 Å². The number of anilines is 3. The SMILES string of the molecule is O=S(=O)(C1=CCCC=C1)c1ccc(-c2cc(-c3cccs3)c3cccc(N4c5ccccc5Sc5ccccc54)c3n2)cc1. The van der Waals surface area contributed by atoms with Crippen LogP contribution in [0.3, 0.4) is 0 Å². The summed E-state index contributed by atoms with van der Waals surface area (Å²) >= 11 is 3.48. The number of para-hydroxylation sites is 3. The van der Waals surface area contributed by atoms with Gasteiger partial charge >= 0.3 is 0 Å². The number of benzene rings is 4. The van der Waals surface area contributed by atoms with E-state index in [1.54, 1.807) is 47.4 Å². The number of pyridine rings is 1. The quantitative estimate of drug-likeness (QED) is 0.190. The molecule has 0 radical (unpaired) electrons. The lowest BCUT2D eigenvalue weighted by molar-refractivity contribution is 0.602. The minimum Gasteiger partial charge on any atom is -0.306 e. The third kappa shape index (κ3) is 4.59. The molecule has 2 aliphatic rings. The van der Waals surface area contributed by atoms with E-state index in [0.29, 0.717) is 4.91 Å². The van der Waals surface area contributed by atoms with Gasteiger partial charge in [-0.1, -0.05) is 78.5 Å². The van der Waals surface area contributed by atoms with Crippen LogP contribution in [0.2, 0.25) is 0 Å². The van der Waals surface area contributed by atoms with Crippen LogP contribution in [0, 0.1) is 0 Å². The molecule has 0 saturated carbocycles. The predicted molar refractivity (Wildman–Crippen MR) is 183 cm³/mol. The summed E-state index contributed by atoms with van der Waals surface area (Å²) in [5.41, 5.74) is 6.88. The lowest BCUT2D eigenvalue weighted by atomic mass is 10.0. The maximum Gasteiger partial charge on any atom is 0.206 e. The molecule has 6 aromatic rings. The molecule has 3 heterocycles. The summed E-state index contributed by atoms with van der Waals surface area (Å²) in [6.07, 6.45) is 7.04. The minimum atomic E-state index is -3.57. The van der Waals surface area contributed by atoms with Crippen molar-refractivity contribution in [1.82, 2.24) is 4.98 Å². The van der Waals surface area contributed by atoms with Crippen LogP contribution >= 0.6 is 23.1 Å². The molecule has 0 atom stereocenters. The molecular formula is C37H26N2O2S3. The molecule has 0 fully saturated rings. The van der Waals surface area contributed by atoms with E-state index < -0.39 is 9.84 Å². The molecule has 2 aromatic heterocycles. The van der Waals surface area contributed by atoms with Gasteiger partial charge in [-0.15, -0.1) is 11.3 Å². The van der Waals surface area contributed by atoms with E-state index in [0.717, 1.165) is 62.5 Å². The van der Waals surface area contributed by atoms with Crippen molar-refractivity contribution in [2.24, 2.45) is 0 Å². The van der Waals surface area contributed by atoms with Gasteiger partial charge in [0.25, 0.3) is 0 Å². The smallest absolute Gasteiger partial charge is 0.206 e. The maximum atomic E-state index is 13.3. The van der Waals surface area contributed by atoms with Gasteiger partial charge in [-0.05, 0) is 78.9 Å². The first kappa shape index (κ1) is 27.1. The zero-order chi connectivity index (χ0) is 29.7. The van der Waals surface area contributed by atoms with Crippen LogP contribution in [0.4, 0.5) is 17.1 Å². The third-order valence-corrected chi connectivity index (χ3v) is 11.9. The van der Waals surface area contributed by atoms with Crippen molar-refractivity contribution < 1.29 is 8.42 Å². The van der Waals surface area contributed by atoms with Crippen molar-refractivity contribution in [3.05, 3.63) is 138 Å². The lowest BCUT2D eigenvalue weighted by Gasteiger charge is -2.33. The van der Waals surface area contributed by atoms with Gasteiger partial charge in [0.2, 0.25) is 9.84 Å². The van der Waals surface area contributed by atoms with Crippen LogP contribution in [0.15, 0.2) is 152 Å². The van der Waals surface area contributed by atoms with E-state index >= 15 is 0 Å². The van der Waals surface area contributed by atoms with Gasteiger partial charge in [0.1, 0.15) is 0 Å². The number of nitrogens with zero attached hydrogens (tertiary/aromatic N) is 2. The molecule has 7 heteroatoms. The monoisotopic (exact) mass is 626 g/mol. The summed E-state index contributed by atoms with van der Waals surface area (Å²) < 4.78 is 26.6. The van der Waals surface area contributed by atoms with Crippen molar-refractivity contribution in [3.63, 3.8) is 0 Å². The van der Waals surface area contributed by atoms with Crippen molar-refractivity contribution in [3.8, 4) is 21.7 Å². The van der Waals surface area contributed by atoms with Crippen LogP contribution < -0.4 is 4.90 Å². The number of sulfone groups is 1. The van der Waals surface area contributed by atoms with Crippen molar-refractivity contribution >= 4 is 60.9 Å². The second-order valence-corrected chi connectivity index (χ2v) is 14.7. The third-order valence-electron chi connectivity index (χ3n) is 8.01. The Labute approximate surface area is 265 Å². The molecule has 44 heavy (non-hydrogen) atoms. The molecule has 0 bridgehead atoms. The number of aromatic nitrogens is 1. The highest BCUT2D eigenvalue weighted by molar-refractivity contribution is 7.99. The van der Waals surface area contributed by atoms with Gasteiger partial charge in [0, 0.05) is 31.2 Å². The molecule has 0 N–H and O–H groups in total.